The fourth-order valence-corrected chi connectivity index (χ4v) is 3.56. The van der Waals surface area contributed by atoms with Crippen LogP contribution >= 0.6 is 0 Å². The molecule has 4 rings (SSSR count). The number of aromatic nitrogens is 3. The van der Waals surface area contributed by atoms with Gasteiger partial charge in [-0.25, -0.2) is 23.1 Å². The largest absolute Gasteiger partial charge is 0.494 e. The fraction of sp³-hybridized carbons (Fsp3) is 0.208. The summed E-state index contributed by atoms with van der Waals surface area (Å²) in [4.78, 5) is 20.5. The number of ether oxygens (including phenoxy) is 2. The van der Waals surface area contributed by atoms with Gasteiger partial charge in [0.05, 0.1) is 43.5 Å². The van der Waals surface area contributed by atoms with Gasteiger partial charge in [-0.3, -0.25) is 9.20 Å². The van der Waals surface area contributed by atoms with E-state index in [1.165, 1.54) is 48.3 Å². The Morgan fingerprint density at radius 2 is 1.84 bits per heavy atom. The van der Waals surface area contributed by atoms with E-state index in [4.69, 9.17) is 15.2 Å². The molecule has 0 atom stereocenters. The number of nitrogens with two attached hydrogens (primary N) is 1. The number of carbonyl (C=O) groups is 1. The summed E-state index contributed by atoms with van der Waals surface area (Å²) in [5.41, 5.74) is 4.72. The lowest BCUT2D eigenvalue weighted by Crippen LogP contribution is -2.29. The number of carbonyl (C=O) groups excluding carboxylic acids is 1. The molecule has 0 aliphatic carbocycles. The highest BCUT2D eigenvalue weighted by Crippen LogP contribution is 2.32. The molecular weight excluding hydrogens is 496 g/mol. The number of amides is 1. The van der Waals surface area contributed by atoms with Gasteiger partial charge in [-0.15, -0.1) is 0 Å². The zero-order chi connectivity index (χ0) is 26.5. The van der Waals surface area contributed by atoms with E-state index in [-0.39, 0.29) is 47.3 Å². The Bertz CT molecular complexity index is 1450. The van der Waals surface area contributed by atoms with Gasteiger partial charge in [0.2, 0.25) is 5.82 Å². The van der Waals surface area contributed by atoms with Crippen molar-refractivity contribution in [1.82, 2.24) is 19.7 Å². The normalized spacial score (nSPS) is 11.1. The highest BCUT2D eigenvalue weighted by Gasteiger charge is 2.21. The molecule has 4 aromatic rings. The number of nitrogens with one attached hydrogen (secondary N) is 2. The summed E-state index contributed by atoms with van der Waals surface area (Å²) >= 11 is 0. The molecule has 0 unspecified atom stereocenters. The van der Waals surface area contributed by atoms with Crippen molar-refractivity contribution in [3.05, 3.63) is 71.7 Å². The quantitative estimate of drug-likeness (QED) is 0.218. The second-order valence-corrected chi connectivity index (χ2v) is 7.63. The van der Waals surface area contributed by atoms with Crippen molar-refractivity contribution in [3.63, 3.8) is 0 Å². The van der Waals surface area contributed by atoms with E-state index in [0.29, 0.717) is 13.2 Å². The number of benzene rings is 2. The van der Waals surface area contributed by atoms with E-state index in [9.17, 15) is 22.4 Å². The van der Waals surface area contributed by atoms with Gasteiger partial charge < -0.3 is 25.8 Å². The minimum atomic E-state index is -1.36. The van der Waals surface area contributed by atoms with Crippen LogP contribution in [-0.2, 0) is 4.74 Å². The van der Waals surface area contributed by atoms with Gasteiger partial charge in [0, 0.05) is 31.0 Å². The minimum absolute atomic E-state index is 0.00990. The third kappa shape index (κ3) is 5.17. The molecule has 4 N–H and O–H groups in total. The molecule has 9 nitrogen and oxygen atoms in total. The van der Waals surface area contributed by atoms with E-state index < -0.39 is 34.7 Å². The Balaban J connectivity index is 1.59. The zero-order valence-electron chi connectivity index (χ0n) is 19.5. The number of anilines is 2. The number of nitrogens with zero attached hydrogens (tertiary/aromatic N) is 3. The van der Waals surface area contributed by atoms with Crippen molar-refractivity contribution in [2.75, 3.05) is 38.7 Å². The van der Waals surface area contributed by atoms with Crippen LogP contribution in [0.5, 0.6) is 5.75 Å². The maximum atomic E-state index is 14.8. The third-order valence-electron chi connectivity index (χ3n) is 5.34. The fourth-order valence-electron chi connectivity index (χ4n) is 3.56. The Labute approximate surface area is 208 Å². The number of imidazole rings is 1. The molecule has 2 aromatic heterocycles. The second-order valence-electron chi connectivity index (χ2n) is 7.63. The van der Waals surface area contributed by atoms with Crippen LogP contribution in [0, 0.1) is 23.3 Å². The molecule has 0 saturated heterocycles. The lowest BCUT2D eigenvalue weighted by molar-refractivity contribution is 0.0915. The molecular formula is C24H22F4N6O3. The molecule has 0 aliphatic heterocycles. The molecule has 0 fully saturated rings. The lowest BCUT2D eigenvalue weighted by atomic mass is 10.1. The van der Waals surface area contributed by atoms with Crippen LogP contribution in [0.1, 0.15) is 10.4 Å². The number of methoxy groups -OCH3 is 1. The van der Waals surface area contributed by atoms with Gasteiger partial charge in [-0.2, -0.15) is 4.39 Å². The molecule has 2 aromatic carbocycles. The Hall–Kier alpha value is -4.23. The SMILES string of the molecule is COc1ccc(-c2cnc3c(Nc4ccc(C(=O)NCCOCCN)c(F)c4F)nccn23)c(F)c1F. The van der Waals surface area contributed by atoms with Crippen LogP contribution in [0.3, 0.4) is 0 Å². The van der Waals surface area contributed by atoms with E-state index in [1.54, 1.807) is 0 Å². The predicted octanol–water partition coefficient (Wildman–Crippen LogP) is 3.41. The highest BCUT2D eigenvalue weighted by atomic mass is 19.2. The first-order chi connectivity index (χ1) is 17.9. The monoisotopic (exact) mass is 518 g/mol. The van der Waals surface area contributed by atoms with Crippen molar-refractivity contribution in [2.45, 2.75) is 0 Å². The van der Waals surface area contributed by atoms with Gasteiger partial charge >= 0.3 is 0 Å². The summed E-state index contributed by atoms with van der Waals surface area (Å²) in [5.74, 6) is -6.04. The van der Waals surface area contributed by atoms with Crippen LogP contribution in [0.25, 0.3) is 16.9 Å². The first-order valence-electron chi connectivity index (χ1n) is 11.0. The third-order valence-corrected chi connectivity index (χ3v) is 5.34. The van der Waals surface area contributed by atoms with E-state index in [1.807, 2.05) is 0 Å². The summed E-state index contributed by atoms with van der Waals surface area (Å²) in [6.45, 7) is 0.889. The lowest BCUT2D eigenvalue weighted by Gasteiger charge is -2.12. The first kappa shape index (κ1) is 25.9. The molecule has 37 heavy (non-hydrogen) atoms. The number of hydrogen-bond acceptors (Lipinski definition) is 7. The second kappa shape index (κ2) is 11.2. The van der Waals surface area contributed by atoms with Crippen LogP contribution in [-0.4, -0.2) is 53.7 Å². The van der Waals surface area contributed by atoms with Crippen molar-refractivity contribution >= 4 is 23.1 Å². The van der Waals surface area contributed by atoms with Crippen molar-refractivity contribution < 1.29 is 31.8 Å². The Kier molecular flexibility index (Phi) is 7.84. The topological polar surface area (TPSA) is 116 Å². The van der Waals surface area contributed by atoms with E-state index in [0.717, 1.165) is 6.07 Å². The molecule has 13 heteroatoms. The van der Waals surface area contributed by atoms with Gasteiger partial charge in [0.15, 0.2) is 34.7 Å². The first-order valence-corrected chi connectivity index (χ1v) is 11.0. The number of rotatable bonds is 10. The summed E-state index contributed by atoms with van der Waals surface area (Å²) < 4.78 is 69.7. The van der Waals surface area contributed by atoms with Gasteiger partial charge in [-0.05, 0) is 24.3 Å². The molecule has 2 heterocycles. The van der Waals surface area contributed by atoms with E-state index in [2.05, 4.69) is 20.6 Å². The van der Waals surface area contributed by atoms with Crippen molar-refractivity contribution in [1.29, 1.82) is 0 Å². The summed E-state index contributed by atoms with van der Waals surface area (Å²) in [7, 11) is 1.22. The molecule has 0 spiro atoms. The Morgan fingerprint density at radius 3 is 2.59 bits per heavy atom. The van der Waals surface area contributed by atoms with Crippen LogP contribution in [0.2, 0.25) is 0 Å². The van der Waals surface area contributed by atoms with Crippen molar-refractivity contribution in [2.24, 2.45) is 5.73 Å². The molecule has 0 bridgehead atoms. The predicted molar refractivity (Wildman–Crippen MR) is 127 cm³/mol. The Morgan fingerprint density at radius 1 is 1.03 bits per heavy atom. The van der Waals surface area contributed by atoms with E-state index >= 15 is 0 Å². The van der Waals surface area contributed by atoms with Gasteiger partial charge in [0.1, 0.15) is 0 Å². The summed E-state index contributed by atoms with van der Waals surface area (Å²) in [6, 6.07) is 4.89. The van der Waals surface area contributed by atoms with Gasteiger partial charge in [0.25, 0.3) is 5.91 Å². The minimum Gasteiger partial charge on any atom is -0.494 e. The maximum absolute atomic E-state index is 14.8. The number of halogens is 4. The van der Waals surface area contributed by atoms with Gasteiger partial charge in [-0.1, -0.05) is 0 Å². The molecule has 0 aliphatic rings. The number of fused-ring (bicyclic) bond motifs is 1. The van der Waals surface area contributed by atoms with Crippen LogP contribution in [0.15, 0.2) is 42.9 Å². The molecule has 0 radical (unpaired) electrons. The zero-order valence-corrected chi connectivity index (χ0v) is 19.5. The molecule has 194 valence electrons. The smallest absolute Gasteiger partial charge is 0.254 e. The van der Waals surface area contributed by atoms with Crippen molar-refractivity contribution in [3.8, 4) is 17.0 Å². The highest BCUT2D eigenvalue weighted by molar-refractivity contribution is 5.95. The average Bonchev–Trinajstić information content (AvgIpc) is 3.33. The molecule has 1 amide bonds. The van der Waals surface area contributed by atoms with Crippen LogP contribution in [0.4, 0.5) is 29.1 Å². The summed E-state index contributed by atoms with van der Waals surface area (Å²) in [6.07, 6.45) is 4.06. The summed E-state index contributed by atoms with van der Waals surface area (Å²) in [5, 5.41) is 5.07. The average molecular weight is 518 g/mol. The molecule has 0 saturated carbocycles. The number of hydrogen-bond donors (Lipinski definition) is 3. The maximum Gasteiger partial charge on any atom is 0.254 e. The van der Waals surface area contributed by atoms with Crippen LogP contribution < -0.4 is 21.1 Å². The standard InChI is InChI=1S/C24H22F4N6O3/c1-36-17-5-3-13(18(25)21(17)28)16-12-32-23-22(30-7-9-34(16)23)33-15-4-2-14(19(26)20(15)27)24(35)31-8-11-37-10-6-29/h2-5,7,9,12H,6,8,10-11,29H2,1H3,(H,30,33)(H,31,35).